The highest BCUT2D eigenvalue weighted by molar-refractivity contribution is 6.76. The molecule has 9 nitrogen and oxygen atoms in total. The minimum Gasteiger partial charge on any atom is -0.467 e. The van der Waals surface area contributed by atoms with Gasteiger partial charge in [-0.15, -0.1) is 0 Å². The molecule has 5 heterocycles. The van der Waals surface area contributed by atoms with Crippen LogP contribution in [0.15, 0.2) is 18.5 Å². The Morgan fingerprint density at radius 2 is 1.78 bits per heavy atom. The lowest BCUT2D eigenvalue weighted by atomic mass is 9.95. The van der Waals surface area contributed by atoms with Crippen LogP contribution in [0.3, 0.4) is 0 Å². The number of pyridine rings is 1. The summed E-state index contributed by atoms with van der Waals surface area (Å²) in [5.41, 5.74) is 1.03. The molecular formula is C31H37ClF4N6O3Si. The Labute approximate surface area is 270 Å². The van der Waals surface area contributed by atoms with E-state index in [1.807, 2.05) is 0 Å². The van der Waals surface area contributed by atoms with Crippen LogP contribution in [-0.4, -0.2) is 82.3 Å². The molecule has 0 N–H and O–H groups in total. The van der Waals surface area contributed by atoms with Gasteiger partial charge in [0, 0.05) is 36.8 Å². The zero-order valence-electron chi connectivity index (χ0n) is 26.3. The van der Waals surface area contributed by atoms with E-state index in [2.05, 4.69) is 44.6 Å². The number of benzene rings is 1. The van der Waals surface area contributed by atoms with E-state index in [4.69, 9.17) is 25.8 Å². The molecule has 2 fully saturated rings. The Morgan fingerprint density at radius 3 is 2.48 bits per heavy atom. The quantitative estimate of drug-likeness (QED) is 0.0920. The second-order valence-electron chi connectivity index (χ2n) is 13.4. The molecule has 46 heavy (non-hydrogen) atoms. The van der Waals surface area contributed by atoms with Crippen LogP contribution >= 0.6 is 11.6 Å². The van der Waals surface area contributed by atoms with E-state index in [1.165, 1.54) is 6.20 Å². The van der Waals surface area contributed by atoms with Crippen LogP contribution in [0.1, 0.15) is 31.2 Å². The van der Waals surface area contributed by atoms with Gasteiger partial charge in [-0.25, -0.2) is 9.07 Å². The lowest BCUT2D eigenvalue weighted by Crippen LogP contribution is -2.43. The number of ether oxygens (including phenoxy) is 3. The smallest absolute Gasteiger partial charge is 0.422 e. The van der Waals surface area contributed by atoms with Gasteiger partial charge in [-0.05, 0) is 63.4 Å². The van der Waals surface area contributed by atoms with Crippen LogP contribution in [0.4, 0.5) is 17.6 Å². The van der Waals surface area contributed by atoms with Crippen molar-refractivity contribution >= 4 is 41.5 Å². The van der Waals surface area contributed by atoms with Gasteiger partial charge in [-0.3, -0.25) is 9.88 Å². The predicted octanol–water partition coefficient (Wildman–Crippen LogP) is 7.40. The number of alkyl halides is 3. The largest absolute Gasteiger partial charge is 0.467 e. The Bertz CT molecular complexity index is 1750. The minimum atomic E-state index is -4.64. The number of halogens is 5. The fourth-order valence-electron chi connectivity index (χ4n) is 6.40. The summed E-state index contributed by atoms with van der Waals surface area (Å²) in [7, 11) is -1.28. The monoisotopic (exact) mass is 680 g/mol. The van der Waals surface area contributed by atoms with E-state index in [1.54, 1.807) is 23.9 Å². The summed E-state index contributed by atoms with van der Waals surface area (Å²) < 4.78 is 74.7. The third-order valence-corrected chi connectivity index (χ3v) is 11.0. The van der Waals surface area contributed by atoms with Crippen molar-refractivity contribution in [2.24, 2.45) is 0 Å². The maximum atomic E-state index is 16.6. The van der Waals surface area contributed by atoms with Crippen LogP contribution in [-0.2, 0) is 11.5 Å². The maximum absolute atomic E-state index is 16.6. The van der Waals surface area contributed by atoms with Crippen molar-refractivity contribution in [2.75, 3.05) is 32.9 Å². The summed E-state index contributed by atoms with van der Waals surface area (Å²) >= 11 is 6.64. The number of rotatable bonds is 11. The number of nitrogens with zero attached hydrogens (tertiary/aromatic N) is 6. The van der Waals surface area contributed by atoms with Crippen LogP contribution in [0, 0.1) is 12.7 Å². The van der Waals surface area contributed by atoms with Gasteiger partial charge in [0.1, 0.15) is 24.5 Å². The second-order valence-corrected chi connectivity index (χ2v) is 19.4. The number of aromatic nitrogens is 5. The molecule has 6 rings (SSSR count). The Kier molecular flexibility index (Phi) is 8.93. The van der Waals surface area contributed by atoms with Crippen molar-refractivity contribution in [3.63, 3.8) is 0 Å². The van der Waals surface area contributed by atoms with Crippen molar-refractivity contribution in [1.29, 1.82) is 0 Å². The predicted molar refractivity (Wildman–Crippen MR) is 170 cm³/mol. The van der Waals surface area contributed by atoms with Gasteiger partial charge in [0.25, 0.3) is 0 Å². The highest BCUT2D eigenvalue weighted by atomic mass is 35.5. The highest BCUT2D eigenvalue weighted by Gasteiger charge is 2.45. The van der Waals surface area contributed by atoms with E-state index in [0.29, 0.717) is 33.7 Å². The Balaban J connectivity index is 1.39. The first-order chi connectivity index (χ1) is 21.7. The summed E-state index contributed by atoms with van der Waals surface area (Å²) in [6.07, 6.45) is 2.10. The maximum Gasteiger partial charge on any atom is 0.422 e. The summed E-state index contributed by atoms with van der Waals surface area (Å²) in [4.78, 5) is 15.2. The van der Waals surface area contributed by atoms with Crippen molar-refractivity contribution in [1.82, 2.24) is 29.6 Å². The van der Waals surface area contributed by atoms with Crippen molar-refractivity contribution < 1.29 is 31.8 Å². The van der Waals surface area contributed by atoms with E-state index < -0.39 is 32.6 Å². The standard InChI is InChI=1S/C31H37ClF4N6O3Si/c1-19-22(32)13-23-20(15-38-42(23)18-43-11-12-46(2,3)4)24(19)27-25(33)26-21(14-37-27)28(44-17-31(34,35)36)40-29(39-26)45-16-30-7-5-9-41(30)10-6-8-30/h13-15H,5-12,16-18H2,1-4H3. The van der Waals surface area contributed by atoms with Gasteiger partial charge in [0.15, 0.2) is 12.4 Å². The summed E-state index contributed by atoms with van der Waals surface area (Å²) in [5.74, 6) is -1.33. The lowest BCUT2D eigenvalue weighted by Gasteiger charge is -2.31. The first-order valence-electron chi connectivity index (χ1n) is 15.4. The van der Waals surface area contributed by atoms with Gasteiger partial charge in [0.05, 0.1) is 22.6 Å². The first-order valence-corrected chi connectivity index (χ1v) is 19.5. The van der Waals surface area contributed by atoms with E-state index >= 15 is 4.39 Å². The summed E-state index contributed by atoms with van der Waals surface area (Å²) in [6.45, 7) is 9.86. The van der Waals surface area contributed by atoms with Gasteiger partial charge in [0.2, 0.25) is 5.88 Å². The fourth-order valence-corrected chi connectivity index (χ4v) is 7.35. The van der Waals surface area contributed by atoms with E-state index in [-0.39, 0.29) is 41.5 Å². The average molecular weight is 681 g/mol. The first kappa shape index (κ1) is 32.9. The van der Waals surface area contributed by atoms with E-state index in [0.717, 1.165) is 44.8 Å². The third-order valence-electron chi connectivity index (χ3n) is 8.88. The summed E-state index contributed by atoms with van der Waals surface area (Å²) in [5, 5.41) is 5.31. The number of hydrogen-bond acceptors (Lipinski definition) is 8. The molecule has 0 saturated carbocycles. The molecule has 0 spiro atoms. The van der Waals surface area contributed by atoms with E-state index in [9.17, 15) is 13.2 Å². The van der Waals surface area contributed by atoms with Crippen LogP contribution in [0.2, 0.25) is 30.7 Å². The van der Waals surface area contributed by atoms with Crippen LogP contribution in [0.5, 0.6) is 11.9 Å². The molecule has 2 aliphatic rings. The Hall–Kier alpha value is -3.07. The highest BCUT2D eigenvalue weighted by Crippen LogP contribution is 2.41. The normalized spacial score (nSPS) is 16.9. The molecule has 0 atom stereocenters. The molecule has 2 aliphatic heterocycles. The number of fused-ring (bicyclic) bond motifs is 3. The number of hydrogen-bond donors (Lipinski definition) is 0. The lowest BCUT2D eigenvalue weighted by molar-refractivity contribution is -0.153. The average Bonchev–Trinajstić information content (AvgIpc) is 3.68. The molecule has 0 radical (unpaired) electrons. The van der Waals surface area contributed by atoms with Crippen LogP contribution in [0.25, 0.3) is 33.1 Å². The Morgan fingerprint density at radius 1 is 1.04 bits per heavy atom. The SMILES string of the molecule is Cc1c(Cl)cc2c(cnn2COCC[Si](C)(C)C)c1-c1ncc2c(OCC(F)(F)F)nc(OCC34CCCN3CCC4)nc2c1F. The zero-order valence-corrected chi connectivity index (χ0v) is 28.1. The molecular weight excluding hydrogens is 644 g/mol. The van der Waals surface area contributed by atoms with Crippen molar-refractivity contribution in [3.05, 3.63) is 34.9 Å². The molecule has 2 saturated heterocycles. The fraction of sp³-hybridized carbons (Fsp3) is 0.548. The van der Waals surface area contributed by atoms with Crippen LogP contribution < -0.4 is 9.47 Å². The molecule has 3 aromatic heterocycles. The van der Waals surface area contributed by atoms with Crippen molar-refractivity contribution in [3.8, 4) is 23.1 Å². The molecule has 0 amide bonds. The topological polar surface area (TPSA) is 87.4 Å². The molecule has 0 bridgehead atoms. The van der Waals surface area contributed by atoms with Crippen molar-refractivity contribution in [2.45, 2.75) is 76.7 Å². The van der Waals surface area contributed by atoms with Gasteiger partial charge in [-0.2, -0.15) is 28.2 Å². The second kappa shape index (κ2) is 12.5. The summed E-state index contributed by atoms with van der Waals surface area (Å²) in [6, 6.07) is 2.48. The minimum absolute atomic E-state index is 0.0838. The van der Waals surface area contributed by atoms with Gasteiger partial charge < -0.3 is 14.2 Å². The molecule has 4 aromatic rings. The van der Waals surface area contributed by atoms with Gasteiger partial charge in [-0.1, -0.05) is 31.2 Å². The molecule has 0 aliphatic carbocycles. The van der Waals surface area contributed by atoms with Gasteiger partial charge >= 0.3 is 12.2 Å². The molecule has 1 aromatic carbocycles. The molecule has 15 heteroatoms. The third kappa shape index (κ3) is 6.67. The zero-order chi connectivity index (χ0) is 32.9. The molecule has 0 unspecified atom stereocenters. The molecule has 248 valence electrons.